The first-order valence-corrected chi connectivity index (χ1v) is 9.92. The molecular formula is C22H17FN8. The van der Waals surface area contributed by atoms with Gasteiger partial charge in [-0.25, -0.2) is 19.0 Å². The molecule has 0 atom stereocenters. The number of nitrogens with zero attached hydrogens (tertiary/aromatic N) is 6. The Kier molecular flexibility index (Phi) is 3.82. The minimum Gasteiger partial charge on any atom is -0.368 e. The SMILES string of the molecule is Cc1nc(-c2n[nH]cc2-c2ccc3ncc(-c4cnn5c4NCC5)cc3n2)ccc1F. The Morgan fingerprint density at radius 2 is 1.90 bits per heavy atom. The molecule has 0 fully saturated rings. The van der Waals surface area contributed by atoms with Gasteiger partial charge in [0.25, 0.3) is 0 Å². The lowest BCUT2D eigenvalue weighted by Gasteiger charge is -2.06. The lowest BCUT2D eigenvalue weighted by Crippen LogP contribution is -1.95. The van der Waals surface area contributed by atoms with E-state index in [9.17, 15) is 4.39 Å². The van der Waals surface area contributed by atoms with Crippen molar-refractivity contribution in [2.45, 2.75) is 13.5 Å². The van der Waals surface area contributed by atoms with E-state index in [1.807, 2.05) is 35.3 Å². The van der Waals surface area contributed by atoms with Crippen LogP contribution in [0.15, 0.2) is 48.9 Å². The van der Waals surface area contributed by atoms with Crippen molar-refractivity contribution in [2.75, 3.05) is 11.9 Å². The number of aromatic nitrogens is 7. The van der Waals surface area contributed by atoms with Gasteiger partial charge in [0, 0.05) is 35.6 Å². The lowest BCUT2D eigenvalue weighted by atomic mass is 10.1. The second kappa shape index (κ2) is 6.69. The lowest BCUT2D eigenvalue weighted by molar-refractivity contribution is 0.610. The second-order valence-corrected chi connectivity index (χ2v) is 7.43. The van der Waals surface area contributed by atoms with Crippen molar-refractivity contribution in [3.63, 3.8) is 0 Å². The van der Waals surface area contributed by atoms with Crippen LogP contribution in [0.1, 0.15) is 5.69 Å². The van der Waals surface area contributed by atoms with Gasteiger partial charge < -0.3 is 5.32 Å². The van der Waals surface area contributed by atoms with Crippen LogP contribution in [0.5, 0.6) is 0 Å². The fourth-order valence-electron chi connectivity index (χ4n) is 3.89. The molecule has 0 saturated heterocycles. The number of hydrogen-bond donors (Lipinski definition) is 2. The van der Waals surface area contributed by atoms with Gasteiger partial charge in [0.05, 0.1) is 40.9 Å². The first-order valence-electron chi connectivity index (χ1n) is 9.92. The minimum atomic E-state index is -0.343. The highest BCUT2D eigenvalue weighted by Gasteiger charge is 2.18. The molecule has 0 unspecified atom stereocenters. The highest BCUT2D eigenvalue weighted by molar-refractivity contribution is 5.86. The van der Waals surface area contributed by atoms with E-state index >= 15 is 0 Å². The Morgan fingerprint density at radius 3 is 2.81 bits per heavy atom. The predicted molar refractivity (Wildman–Crippen MR) is 115 cm³/mol. The average Bonchev–Trinajstić information content (AvgIpc) is 3.52. The Balaban J connectivity index is 1.45. The number of halogens is 1. The molecule has 0 radical (unpaired) electrons. The molecule has 5 aromatic heterocycles. The molecule has 1 aliphatic heterocycles. The Labute approximate surface area is 176 Å². The van der Waals surface area contributed by atoms with E-state index < -0.39 is 0 Å². The van der Waals surface area contributed by atoms with Gasteiger partial charge in [-0.3, -0.25) is 10.1 Å². The number of fused-ring (bicyclic) bond motifs is 2. The van der Waals surface area contributed by atoms with Crippen LogP contribution in [0.4, 0.5) is 10.2 Å². The van der Waals surface area contributed by atoms with Crippen molar-refractivity contribution in [1.82, 2.24) is 34.9 Å². The number of nitrogens with one attached hydrogen (secondary N) is 2. The monoisotopic (exact) mass is 412 g/mol. The quantitative estimate of drug-likeness (QED) is 0.468. The van der Waals surface area contributed by atoms with Crippen molar-refractivity contribution in [3.8, 4) is 33.8 Å². The molecule has 1 aliphatic rings. The third-order valence-corrected chi connectivity index (χ3v) is 5.48. The molecule has 8 nitrogen and oxygen atoms in total. The summed E-state index contributed by atoms with van der Waals surface area (Å²) in [6, 6.07) is 8.87. The topological polar surface area (TPSA) is 97.2 Å². The molecule has 9 heteroatoms. The van der Waals surface area contributed by atoms with E-state index in [2.05, 4.69) is 30.6 Å². The van der Waals surface area contributed by atoms with Crippen LogP contribution in [0.2, 0.25) is 0 Å². The number of aromatic amines is 1. The predicted octanol–water partition coefficient (Wildman–Crippen LogP) is 3.82. The van der Waals surface area contributed by atoms with Crippen molar-refractivity contribution < 1.29 is 4.39 Å². The maximum atomic E-state index is 13.7. The number of rotatable bonds is 3. The fraction of sp³-hybridized carbons (Fsp3) is 0.136. The summed E-state index contributed by atoms with van der Waals surface area (Å²) in [5.41, 5.74) is 6.59. The van der Waals surface area contributed by atoms with E-state index in [-0.39, 0.29) is 5.82 Å². The molecule has 6 rings (SSSR count). The number of hydrogen-bond acceptors (Lipinski definition) is 6. The molecule has 31 heavy (non-hydrogen) atoms. The molecule has 0 saturated carbocycles. The van der Waals surface area contributed by atoms with E-state index in [4.69, 9.17) is 4.98 Å². The molecule has 5 aromatic rings. The van der Waals surface area contributed by atoms with Crippen LogP contribution in [0.25, 0.3) is 44.8 Å². The van der Waals surface area contributed by atoms with Gasteiger partial charge in [-0.2, -0.15) is 10.2 Å². The first-order chi connectivity index (χ1) is 15.2. The molecule has 0 bridgehead atoms. The van der Waals surface area contributed by atoms with E-state index in [1.165, 1.54) is 6.07 Å². The van der Waals surface area contributed by atoms with Crippen molar-refractivity contribution in [2.24, 2.45) is 0 Å². The van der Waals surface area contributed by atoms with Crippen molar-refractivity contribution >= 4 is 16.9 Å². The molecule has 2 N–H and O–H groups in total. The van der Waals surface area contributed by atoms with Crippen LogP contribution in [-0.2, 0) is 6.54 Å². The summed E-state index contributed by atoms with van der Waals surface area (Å²) >= 11 is 0. The summed E-state index contributed by atoms with van der Waals surface area (Å²) in [5, 5.41) is 15.0. The third-order valence-electron chi connectivity index (χ3n) is 5.48. The van der Waals surface area contributed by atoms with Crippen molar-refractivity contribution in [1.29, 1.82) is 0 Å². The molecule has 0 aromatic carbocycles. The van der Waals surface area contributed by atoms with Crippen LogP contribution in [-0.4, -0.2) is 41.5 Å². The number of pyridine rings is 3. The van der Waals surface area contributed by atoms with E-state index in [1.54, 1.807) is 19.2 Å². The first kappa shape index (κ1) is 17.7. The highest BCUT2D eigenvalue weighted by Crippen LogP contribution is 2.33. The molecule has 0 spiro atoms. The Bertz CT molecular complexity index is 1450. The highest BCUT2D eigenvalue weighted by atomic mass is 19.1. The average molecular weight is 412 g/mol. The zero-order chi connectivity index (χ0) is 20.9. The van der Waals surface area contributed by atoms with Gasteiger partial charge in [-0.15, -0.1) is 0 Å². The zero-order valence-electron chi connectivity index (χ0n) is 16.6. The maximum absolute atomic E-state index is 13.7. The molecule has 0 amide bonds. The summed E-state index contributed by atoms with van der Waals surface area (Å²) in [5.74, 6) is 0.664. The summed E-state index contributed by atoms with van der Waals surface area (Å²) in [4.78, 5) is 13.7. The minimum absolute atomic E-state index is 0.328. The smallest absolute Gasteiger partial charge is 0.144 e. The van der Waals surface area contributed by atoms with Crippen LogP contribution in [0.3, 0.4) is 0 Å². The summed E-state index contributed by atoms with van der Waals surface area (Å²) in [6.45, 7) is 3.37. The Morgan fingerprint density at radius 1 is 1.00 bits per heavy atom. The molecule has 0 aliphatic carbocycles. The number of anilines is 1. The van der Waals surface area contributed by atoms with Gasteiger partial charge in [0.2, 0.25) is 0 Å². The van der Waals surface area contributed by atoms with Gasteiger partial charge >= 0.3 is 0 Å². The van der Waals surface area contributed by atoms with Crippen LogP contribution >= 0.6 is 0 Å². The van der Waals surface area contributed by atoms with Crippen LogP contribution < -0.4 is 5.32 Å². The summed E-state index contributed by atoms with van der Waals surface area (Å²) in [6.07, 6.45) is 5.47. The standard InChI is InChI=1S/C22H17FN8/c1-12-16(23)2-3-19(28-12)21-15(10-26-30-21)17-4-5-18-20(29-17)8-13(9-25-18)14-11-27-31-7-6-24-22(14)31/h2-5,8-11,24H,6-7H2,1H3,(H,26,30). The largest absolute Gasteiger partial charge is 0.368 e. The third kappa shape index (κ3) is 2.85. The van der Waals surface area contributed by atoms with E-state index in [0.717, 1.165) is 52.3 Å². The number of H-pyrrole nitrogens is 1. The van der Waals surface area contributed by atoms with Crippen molar-refractivity contribution in [3.05, 3.63) is 60.4 Å². The zero-order valence-corrected chi connectivity index (χ0v) is 16.6. The van der Waals surface area contributed by atoms with Gasteiger partial charge in [0.1, 0.15) is 17.3 Å². The number of aryl methyl sites for hydroxylation is 1. The Hall–Kier alpha value is -4.14. The fourth-order valence-corrected chi connectivity index (χ4v) is 3.89. The van der Waals surface area contributed by atoms with Gasteiger partial charge in [-0.1, -0.05) is 0 Å². The van der Waals surface area contributed by atoms with Crippen LogP contribution in [0, 0.1) is 12.7 Å². The molecule has 152 valence electrons. The maximum Gasteiger partial charge on any atom is 0.144 e. The van der Waals surface area contributed by atoms with E-state index in [0.29, 0.717) is 17.1 Å². The second-order valence-electron chi connectivity index (χ2n) is 7.43. The normalized spacial score (nSPS) is 12.8. The van der Waals surface area contributed by atoms with Gasteiger partial charge in [0.15, 0.2) is 0 Å². The molecule has 6 heterocycles. The molecular weight excluding hydrogens is 395 g/mol. The summed E-state index contributed by atoms with van der Waals surface area (Å²) in [7, 11) is 0. The van der Waals surface area contributed by atoms with Gasteiger partial charge in [-0.05, 0) is 37.3 Å². The summed E-state index contributed by atoms with van der Waals surface area (Å²) < 4.78 is 15.6.